The lowest BCUT2D eigenvalue weighted by Crippen LogP contribution is -2.25. The zero-order valence-corrected chi connectivity index (χ0v) is 19.1. The summed E-state index contributed by atoms with van der Waals surface area (Å²) in [4.78, 5) is 22.8. The second kappa shape index (κ2) is 10.3. The minimum absolute atomic E-state index is 0.171. The van der Waals surface area contributed by atoms with Crippen LogP contribution in [0.5, 0.6) is 11.6 Å². The average Bonchev–Trinajstić information content (AvgIpc) is 3.05. The molecule has 3 aromatic rings. The van der Waals surface area contributed by atoms with Gasteiger partial charge in [-0.15, -0.1) is 11.3 Å². The van der Waals surface area contributed by atoms with Crippen molar-refractivity contribution in [2.45, 2.75) is 20.0 Å². The van der Waals surface area contributed by atoms with Gasteiger partial charge in [0.25, 0.3) is 5.91 Å². The van der Waals surface area contributed by atoms with Crippen LogP contribution in [0.3, 0.4) is 0 Å². The molecule has 1 N–H and O–H groups in total. The van der Waals surface area contributed by atoms with E-state index in [2.05, 4.69) is 15.3 Å². The fraction of sp³-hybridized carbons (Fsp3) is 0.350. The van der Waals surface area contributed by atoms with E-state index < -0.39 is 0 Å². The van der Waals surface area contributed by atoms with Crippen LogP contribution in [-0.2, 0) is 11.3 Å². The van der Waals surface area contributed by atoms with E-state index >= 15 is 0 Å². The predicted molar refractivity (Wildman–Crippen MR) is 118 cm³/mol. The highest BCUT2D eigenvalue weighted by molar-refractivity contribution is 7.20. The highest BCUT2D eigenvalue weighted by Crippen LogP contribution is 2.35. The summed E-state index contributed by atoms with van der Waals surface area (Å²) >= 11 is 13.3. The maximum atomic E-state index is 12.7. The van der Waals surface area contributed by atoms with Crippen LogP contribution in [0.25, 0.3) is 10.2 Å². The molecular formula is C20H21Cl2N3O4S. The maximum absolute atomic E-state index is 12.7. The number of nitrogens with zero attached hydrogens (tertiary/aromatic N) is 2. The molecule has 1 aromatic carbocycles. The Kier molecular flexibility index (Phi) is 7.71. The number of fused-ring (bicyclic) bond motifs is 1. The van der Waals surface area contributed by atoms with E-state index in [0.29, 0.717) is 56.8 Å². The second-order valence-electron chi connectivity index (χ2n) is 6.35. The average molecular weight is 470 g/mol. The first kappa shape index (κ1) is 22.6. The second-order valence-corrected chi connectivity index (χ2v) is 8.19. The normalized spacial score (nSPS) is 11.0. The molecule has 0 unspecified atom stereocenters. The quantitative estimate of drug-likeness (QED) is 0.458. The molecule has 30 heavy (non-hydrogen) atoms. The van der Waals surface area contributed by atoms with Gasteiger partial charge in [0, 0.05) is 18.7 Å². The zero-order chi connectivity index (χ0) is 21.7. The number of methoxy groups -OCH3 is 2. The summed E-state index contributed by atoms with van der Waals surface area (Å²) in [5.74, 6) is 1.34. The fourth-order valence-corrected chi connectivity index (χ4v) is 4.40. The van der Waals surface area contributed by atoms with Crippen LogP contribution in [0.2, 0.25) is 10.0 Å². The standard InChI is InChI=1S/C20H21Cl2N3O4S/c1-11-16-19(28-3)24-15(10-27-2)25-20(16)30-17(11)18(26)23-7-4-8-29-14-6-5-12(21)9-13(14)22/h5-6,9H,4,7-8,10H2,1-3H3,(H,23,26). The molecule has 7 nitrogen and oxygen atoms in total. The highest BCUT2D eigenvalue weighted by Gasteiger charge is 2.21. The van der Waals surface area contributed by atoms with Crippen molar-refractivity contribution in [1.29, 1.82) is 0 Å². The molecule has 0 radical (unpaired) electrons. The smallest absolute Gasteiger partial charge is 0.261 e. The number of ether oxygens (including phenoxy) is 3. The van der Waals surface area contributed by atoms with Crippen molar-refractivity contribution < 1.29 is 19.0 Å². The number of amides is 1. The first-order valence-electron chi connectivity index (χ1n) is 9.13. The first-order valence-corrected chi connectivity index (χ1v) is 10.7. The summed E-state index contributed by atoms with van der Waals surface area (Å²) < 4.78 is 16.1. The minimum Gasteiger partial charge on any atom is -0.492 e. The van der Waals surface area contributed by atoms with Gasteiger partial charge in [-0.3, -0.25) is 4.79 Å². The van der Waals surface area contributed by atoms with Crippen LogP contribution < -0.4 is 14.8 Å². The van der Waals surface area contributed by atoms with E-state index in [4.69, 9.17) is 37.4 Å². The van der Waals surface area contributed by atoms with Gasteiger partial charge in [-0.2, -0.15) is 4.98 Å². The third-order valence-electron chi connectivity index (χ3n) is 4.23. The lowest BCUT2D eigenvalue weighted by molar-refractivity contribution is 0.0955. The van der Waals surface area contributed by atoms with Gasteiger partial charge in [0.15, 0.2) is 5.82 Å². The van der Waals surface area contributed by atoms with Crippen LogP contribution in [0, 0.1) is 6.92 Å². The molecule has 2 heterocycles. The van der Waals surface area contributed by atoms with E-state index in [1.807, 2.05) is 6.92 Å². The van der Waals surface area contributed by atoms with Crippen molar-refractivity contribution in [2.24, 2.45) is 0 Å². The third-order valence-corrected chi connectivity index (χ3v) is 5.95. The van der Waals surface area contributed by atoms with Gasteiger partial charge in [0.2, 0.25) is 5.88 Å². The van der Waals surface area contributed by atoms with Crippen molar-refractivity contribution in [3.8, 4) is 11.6 Å². The van der Waals surface area contributed by atoms with Gasteiger partial charge >= 0.3 is 0 Å². The van der Waals surface area contributed by atoms with Gasteiger partial charge in [0.05, 0.1) is 29.0 Å². The Hall–Kier alpha value is -2.13. The molecule has 0 bridgehead atoms. The summed E-state index contributed by atoms with van der Waals surface area (Å²) in [5, 5.41) is 4.66. The number of benzene rings is 1. The Morgan fingerprint density at radius 1 is 1.23 bits per heavy atom. The van der Waals surface area contributed by atoms with Crippen LogP contribution >= 0.6 is 34.5 Å². The van der Waals surface area contributed by atoms with Crippen LogP contribution in [-0.4, -0.2) is 43.2 Å². The molecule has 160 valence electrons. The molecule has 0 saturated carbocycles. The molecule has 0 aliphatic carbocycles. The molecule has 3 rings (SSSR count). The van der Waals surface area contributed by atoms with Gasteiger partial charge < -0.3 is 19.5 Å². The van der Waals surface area contributed by atoms with Crippen molar-refractivity contribution >= 4 is 50.7 Å². The van der Waals surface area contributed by atoms with Crippen molar-refractivity contribution in [1.82, 2.24) is 15.3 Å². The Labute approximate surface area is 188 Å². The van der Waals surface area contributed by atoms with Crippen molar-refractivity contribution in [3.05, 3.63) is 44.5 Å². The Balaban J connectivity index is 1.61. The number of nitrogens with one attached hydrogen (secondary N) is 1. The molecule has 0 spiro atoms. The van der Waals surface area contributed by atoms with Gasteiger partial charge in [0.1, 0.15) is 17.2 Å². The number of carbonyl (C=O) groups is 1. The van der Waals surface area contributed by atoms with Gasteiger partial charge in [-0.1, -0.05) is 23.2 Å². The molecule has 1 amide bonds. The van der Waals surface area contributed by atoms with Gasteiger partial charge in [-0.25, -0.2) is 4.98 Å². The predicted octanol–water partition coefficient (Wildman–Crippen LogP) is 4.66. The third kappa shape index (κ3) is 5.13. The Bertz CT molecular complexity index is 1060. The molecular weight excluding hydrogens is 449 g/mol. The van der Waals surface area contributed by atoms with Crippen molar-refractivity contribution in [2.75, 3.05) is 27.4 Å². The molecule has 0 atom stereocenters. The van der Waals surface area contributed by atoms with E-state index in [1.165, 1.54) is 11.3 Å². The largest absolute Gasteiger partial charge is 0.492 e. The van der Waals surface area contributed by atoms with E-state index in [9.17, 15) is 4.79 Å². The first-order chi connectivity index (χ1) is 14.4. The number of carbonyl (C=O) groups excluding carboxylic acids is 1. The number of aryl methyl sites for hydroxylation is 1. The number of hydrogen-bond acceptors (Lipinski definition) is 7. The molecule has 0 aliphatic rings. The van der Waals surface area contributed by atoms with E-state index in [1.54, 1.807) is 32.4 Å². The summed E-state index contributed by atoms with van der Waals surface area (Å²) in [6.07, 6.45) is 0.621. The summed E-state index contributed by atoms with van der Waals surface area (Å²) in [7, 11) is 3.12. The van der Waals surface area contributed by atoms with Crippen LogP contribution in [0.15, 0.2) is 18.2 Å². The fourth-order valence-electron chi connectivity index (χ4n) is 2.83. The van der Waals surface area contributed by atoms with Crippen molar-refractivity contribution in [3.63, 3.8) is 0 Å². The molecule has 0 aliphatic heterocycles. The van der Waals surface area contributed by atoms with Crippen LogP contribution in [0.4, 0.5) is 0 Å². The summed E-state index contributed by atoms with van der Waals surface area (Å²) in [5.41, 5.74) is 0.789. The zero-order valence-electron chi connectivity index (χ0n) is 16.8. The molecule has 0 saturated heterocycles. The monoisotopic (exact) mass is 469 g/mol. The summed E-state index contributed by atoms with van der Waals surface area (Å²) in [6.45, 7) is 2.99. The lowest BCUT2D eigenvalue weighted by atomic mass is 10.2. The van der Waals surface area contributed by atoms with Gasteiger partial charge in [-0.05, 0) is 37.1 Å². The Morgan fingerprint density at radius 3 is 2.73 bits per heavy atom. The molecule has 10 heteroatoms. The van der Waals surface area contributed by atoms with E-state index in [-0.39, 0.29) is 12.5 Å². The number of halogens is 2. The topological polar surface area (TPSA) is 82.6 Å². The SMILES string of the molecule is COCc1nc(OC)c2c(C)c(C(=O)NCCCOc3ccc(Cl)cc3Cl)sc2n1. The van der Waals surface area contributed by atoms with E-state index in [0.717, 1.165) is 10.9 Å². The Morgan fingerprint density at radius 2 is 2.03 bits per heavy atom. The highest BCUT2D eigenvalue weighted by atomic mass is 35.5. The number of rotatable bonds is 9. The summed E-state index contributed by atoms with van der Waals surface area (Å²) in [6, 6.07) is 5.06. The van der Waals surface area contributed by atoms with Crippen LogP contribution in [0.1, 0.15) is 27.5 Å². The maximum Gasteiger partial charge on any atom is 0.261 e. The molecule has 2 aromatic heterocycles. The lowest BCUT2D eigenvalue weighted by Gasteiger charge is -2.09. The number of hydrogen-bond donors (Lipinski definition) is 1. The number of thiophene rings is 1. The minimum atomic E-state index is -0.171. The number of aromatic nitrogens is 2. The molecule has 0 fully saturated rings.